The lowest BCUT2D eigenvalue weighted by atomic mass is 9.73. The molecule has 2 heterocycles. The summed E-state index contributed by atoms with van der Waals surface area (Å²) >= 11 is 0. The topological polar surface area (TPSA) is 68.5 Å². The molecule has 27 heavy (non-hydrogen) atoms. The number of likely N-dealkylation sites (tertiary alicyclic amines) is 1. The van der Waals surface area contributed by atoms with E-state index in [0.717, 1.165) is 55.4 Å². The van der Waals surface area contributed by atoms with E-state index in [1.165, 1.54) is 12.8 Å². The average Bonchev–Trinajstić information content (AvgIpc) is 3.39. The molecule has 0 unspecified atom stereocenters. The van der Waals surface area contributed by atoms with Crippen LogP contribution in [0.4, 0.5) is 0 Å². The zero-order valence-electron chi connectivity index (χ0n) is 16.1. The highest BCUT2D eigenvalue weighted by Gasteiger charge is 2.44. The van der Waals surface area contributed by atoms with Gasteiger partial charge in [-0.3, -0.25) is 4.79 Å². The van der Waals surface area contributed by atoms with Crippen molar-refractivity contribution in [3.63, 3.8) is 0 Å². The SMILES string of the molecule is COc1ccc(CC(=O)N2CCC(CC3CC3)(c3noc(C)n3)CC2)cc1. The molecule has 2 aromatic rings. The highest BCUT2D eigenvalue weighted by atomic mass is 16.5. The molecule has 0 radical (unpaired) electrons. The molecule has 1 aliphatic heterocycles. The largest absolute Gasteiger partial charge is 0.497 e. The van der Waals surface area contributed by atoms with Gasteiger partial charge in [-0.1, -0.05) is 30.1 Å². The lowest BCUT2D eigenvalue weighted by molar-refractivity contribution is -0.132. The fourth-order valence-electron chi connectivity index (χ4n) is 4.12. The number of carbonyl (C=O) groups excluding carboxylic acids is 1. The maximum absolute atomic E-state index is 12.8. The molecule has 1 saturated heterocycles. The first-order valence-electron chi connectivity index (χ1n) is 9.79. The summed E-state index contributed by atoms with van der Waals surface area (Å²) in [6.45, 7) is 3.36. The Balaban J connectivity index is 1.40. The van der Waals surface area contributed by atoms with Crippen LogP contribution in [0.2, 0.25) is 0 Å². The maximum Gasteiger partial charge on any atom is 0.226 e. The van der Waals surface area contributed by atoms with Gasteiger partial charge in [0.05, 0.1) is 13.5 Å². The van der Waals surface area contributed by atoms with Crippen molar-refractivity contribution in [2.75, 3.05) is 20.2 Å². The quantitative estimate of drug-likeness (QED) is 0.781. The molecule has 1 saturated carbocycles. The Kier molecular flexibility index (Phi) is 4.89. The summed E-state index contributed by atoms with van der Waals surface area (Å²) in [5.74, 6) is 3.24. The first-order chi connectivity index (χ1) is 13.1. The van der Waals surface area contributed by atoms with E-state index in [1.54, 1.807) is 7.11 Å². The van der Waals surface area contributed by atoms with Gasteiger partial charge in [-0.15, -0.1) is 0 Å². The van der Waals surface area contributed by atoms with Crippen molar-refractivity contribution in [2.45, 2.75) is 50.9 Å². The van der Waals surface area contributed by atoms with Crippen LogP contribution in [0.25, 0.3) is 0 Å². The lowest BCUT2D eigenvalue weighted by Crippen LogP contribution is -2.46. The molecule has 4 rings (SSSR count). The number of methoxy groups -OCH3 is 1. The number of piperidine rings is 1. The number of rotatable bonds is 6. The van der Waals surface area contributed by atoms with Gasteiger partial charge in [-0.25, -0.2) is 0 Å². The second kappa shape index (κ2) is 7.33. The van der Waals surface area contributed by atoms with Crippen LogP contribution in [-0.2, 0) is 16.6 Å². The van der Waals surface area contributed by atoms with Crippen LogP contribution in [0.15, 0.2) is 28.8 Å². The second-order valence-corrected chi connectivity index (χ2v) is 7.97. The van der Waals surface area contributed by atoms with Gasteiger partial charge in [0.15, 0.2) is 5.82 Å². The molecule has 144 valence electrons. The van der Waals surface area contributed by atoms with E-state index in [9.17, 15) is 4.79 Å². The van der Waals surface area contributed by atoms with Gasteiger partial charge in [0, 0.05) is 25.4 Å². The fraction of sp³-hybridized carbons (Fsp3) is 0.571. The third-order valence-corrected chi connectivity index (χ3v) is 5.97. The summed E-state index contributed by atoms with van der Waals surface area (Å²) in [5.41, 5.74) is 0.986. The average molecular weight is 369 g/mol. The van der Waals surface area contributed by atoms with Gasteiger partial charge in [-0.05, 0) is 42.9 Å². The van der Waals surface area contributed by atoms with E-state index in [-0.39, 0.29) is 11.3 Å². The predicted molar refractivity (Wildman–Crippen MR) is 101 cm³/mol. The number of aromatic nitrogens is 2. The smallest absolute Gasteiger partial charge is 0.226 e. The molecule has 6 nitrogen and oxygen atoms in total. The molecular formula is C21H27N3O3. The van der Waals surface area contributed by atoms with Crippen molar-refractivity contribution < 1.29 is 14.1 Å². The van der Waals surface area contributed by atoms with E-state index < -0.39 is 0 Å². The van der Waals surface area contributed by atoms with Crippen LogP contribution in [0, 0.1) is 12.8 Å². The first kappa shape index (κ1) is 18.0. The zero-order chi connectivity index (χ0) is 18.9. The molecule has 0 bridgehead atoms. The third-order valence-electron chi connectivity index (χ3n) is 5.97. The van der Waals surface area contributed by atoms with E-state index in [1.807, 2.05) is 36.1 Å². The zero-order valence-corrected chi connectivity index (χ0v) is 16.1. The number of hydrogen-bond acceptors (Lipinski definition) is 5. The van der Waals surface area contributed by atoms with E-state index in [4.69, 9.17) is 9.26 Å². The number of amides is 1. The highest BCUT2D eigenvalue weighted by molar-refractivity contribution is 5.79. The molecular weight excluding hydrogens is 342 g/mol. The highest BCUT2D eigenvalue weighted by Crippen LogP contribution is 2.46. The van der Waals surface area contributed by atoms with Crippen LogP contribution in [0.3, 0.4) is 0 Å². The molecule has 1 amide bonds. The first-order valence-corrected chi connectivity index (χ1v) is 9.79. The Labute approximate surface area is 159 Å². The van der Waals surface area contributed by atoms with Crippen molar-refractivity contribution in [1.29, 1.82) is 0 Å². The Morgan fingerprint density at radius 3 is 2.52 bits per heavy atom. The van der Waals surface area contributed by atoms with Crippen LogP contribution in [0.1, 0.15) is 49.4 Å². The number of benzene rings is 1. The number of ether oxygens (including phenoxy) is 1. The molecule has 0 spiro atoms. The molecule has 2 fully saturated rings. The summed E-state index contributed by atoms with van der Waals surface area (Å²) < 4.78 is 10.4. The van der Waals surface area contributed by atoms with E-state index >= 15 is 0 Å². The predicted octanol–water partition coefficient (Wildman–Crippen LogP) is 3.29. The third kappa shape index (κ3) is 3.99. The number of nitrogens with zero attached hydrogens (tertiary/aromatic N) is 3. The molecule has 2 aliphatic rings. The normalized spacial score (nSPS) is 19.1. The molecule has 1 aromatic heterocycles. The molecule has 1 aromatic carbocycles. The minimum Gasteiger partial charge on any atom is -0.497 e. The Hall–Kier alpha value is -2.37. The van der Waals surface area contributed by atoms with Crippen LogP contribution < -0.4 is 4.74 Å². The fourth-order valence-corrected chi connectivity index (χ4v) is 4.12. The summed E-state index contributed by atoms with van der Waals surface area (Å²) in [6.07, 6.45) is 5.98. The van der Waals surface area contributed by atoms with Gasteiger partial charge < -0.3 is 14.2 Å². The van der Waals surface area contributed by atoms with E-state index in [2.05, 4.69) is 10.1 Å². The Morgan fingerprint density at radius 1 is 1.26 bits per heavy atom. The maximum atomic E-state index is 12.8. The lowest BCUT2D eigenvalue weighted by Gasteiger charge is -2.40. The van der Waals surface area contributed by atoms with Gasteiger partial charge in [0.25, 0.3) is 0 Å². The van der Waals surface area contributed by atoms with Gasteiger partial charge >= 0.3 is 0 Å². The Bertz CT molecular complexity index is 787. The molecule has 0 atom stereocenters. The van der Waals surface area contributed by atoms with Crippen molar-refractivity contribution in [1.82, 2.24) is 15.0 Å². The van der Waals surface area contributed by atoms with Crippen molar-refractivity contribution in [2.24, 2.45) is 5.92 Å². The number of carbonyl (C=O) groups is 1. The van der Waals surface area contributed by atoms with Crippen LogP contribution >= 0.6 is 0 Å². The van der Waals surface area contributed by atoms with Gasteiger partial charge in [-0.2, -0.15) is 4.98 Å². The number of aryl methyl sites for hydroxylation is 1. The standard InChI is InChI=1S/C21H27N3O3/c1-15-22-20(23-27-15)21(14-17-3-4-17)9-11-24(12-10-21)19(25)13-16-5-7-18(26-2)8-6-16/h5-8,17H,3-4,9-14H2,1-2H3. The summed E-state index contributed by atoms with van der Waals surface area (Å²) in [7, 11) is 1.65. The summed E-state index contributed by atoms with van der Waals surface area (Å²) in [4.78, 5) is 19.3. The van der Waals surface area contributed by atoms with Crippen LogP contribution in [-0.4, -0.2) is 41.1 Å². The van der Waals surface area contributed by atoms with Crippen molar-refractivity contribution in [3.8, 4) is 5.75 Å². The van der Waals surface area contributed by atoms with Crippen LogP contribution in [0.5, 0.6) is 5.75 Å². The number of hydrogen-bond donors (Lipinski definition) is 0. The van der Waals surface area contributed by atoms with Crippen molar-refractivity contribution >= 4 is 5.91 Å². The summed E-state index contributed by atoms with van der Waals surface area (Å²) in [6, 6.07) is 7.72. The van der Waals surface area contributed by atoms with E-state index in [0.29, 0.717) is 12.3 Å². The van der Waals surface area contributed by atoms with Gasteiger partial charge in [0.1, 0.15) is 5.75 Å². The van der Waals surface area contributed by atoms with Gasteiger partial charge in [0.2, 0.25) is 11.8 Å². The minimum absolute atomic E-state index is 0.0319. The molecule has 1 aliphatic carbocycles. The molecule has 6 heteroatoms. The van der Waals surface area contributed by atoms with Crippen molar-refractivity contribution in [3.05, 3.63) is 41.5 Å². The monoisotopic (exact) mass is 369 g/mol. The summed E-state index contributed by atoms with van der Waals surface area (Å²) in [5, 5.41) is 4.24. The molecule has 0 N–H and O–H groups in total. The minimum atomic E-state index is -0.0319. The second-order valence-electron chi connectivity index (χ2n) is 7.97. The Morgan fingerprint density at radius 2 is 1.96 bits per heavy atom.